The van der Waals surface area contributed by atoms with Gasteiger partial charge >= 0.3 is 0 Å². The predicted molar refractivity (Wildman–Crippen MR) is 70.8 cm³/mol. The lowest BCUT2D eigenvalue weighted by atomic mass is 9.86. The van der Waals surface area contributed by atoms with E-state index in [1.807, 2.05) is 24.3 Å². The number of phenolic OH excluding ortho intramolecular Hbond substituents is 2. The molecule has 18 heavy (non-hydrogen) atoms. The van der Waals surface area contributed by atoms with Crippen LogP contribution in [-0.2, 0) is 5.41 Å². The summed E-state index contributed by atoms with van der Waals surface area (Å²) >= 11 is 0. The van der Waals surface area contributed by atoms with Gasteiger partial charge in [-0.05, 0) is 47.7 Å². The van der Waals surface area contributed by atoms with Gasteiger partial charge in [0.2, 0.25) is 0 Å². The van der Waals surface area contributed by atoms with Crippen LogP contribution in [0.3, 0.4) is 0 Å². The highest BCUT2D eigenvalue weighted by Gasteiger charge is 2.53. The number of aromatic hydroxyl groups is 2. The molecular formula is C16H16O2. The second-order valence-corrected chi connectivity index (χ2v) is 5.17. The summed E-state index contributed by atoms with van der Waals surface area (Å²) in [5.41, 5.74) is 2.53. The van der Waals surface area contributed by atoms with E-state index in [9.17, 15) is 10.2 Å². The van der Waals surface area contributed by atoms with E-state index in [2.05, 4.69) is 6.92 Å². The van der Waals surface area contributed by atoms with Gasteiger partial charge in [-0.15, -0.1) is 0 Å². The molecule has 0 radical (unpaired) electrons. The molecule has 2 aromatic rings. The third kappa shape index (κ3) is 1.57. The summed E-state index contributed by atoms with van der Waals surface area (Å²) in [6.45, 7) is 2.24. The van der Waals surface area contributed by atoms with E-state index in [4.69, 9.17) is 0 Å². The van der Waals surface area contributed by atoms with Gasteiger partial charge in [-0.3, -0.25) is 0 Å². The largest absolute Gasteiger partial charge is 0.508 e. The summed E-state index contributed by atoms with van der Waals surface area (Å²) in [5, 5.41) is 18.8. The molecule has 0 saturated heterocycles. The molecule has 1 fully saturated rings. The normalized spacial score (nSPS) is 20.6. The summed E-state index contributed by atoms with van der Waals surface area (Å²) in [6.07, 6.45) is 1.11. The standard InChI is InChI=1S/C16H16O2/c1-11-10-16(11,12-2-6-14(17)7-3-12)13-4-8-15(18)9-5-13/h2-9,11,17-18H,10H2,1H3. The molecule has 1 aliphatic carbocycles. The lowest BCUT2D eigenvalue weighted by Crippen LogP contribution is -2.11. The summed E-state index contributed by atoms with van der Waals surface area (Å²) in [7, 11) is 0. The topological polar surface area (TPSA) is 40.5 Å². The molecule has 1 atom stereocenters. The maximum Gasteiger partial charge on any atom is 0.115 e. The Morgan fingerprint density at radius 1 is 0.833 bits per heavy atom. The van der Waals surface area contributed by atoms with Crippen molar-refractivity contribution in [3.8, 4) is 11.5 Å². The van der Waals surface area contributed by atoms with Gasteiger partial charge in [0.05, 0.1) is 0 Å². The van der Waals surface area contributed by atoms with E-state index in [1.54, 1.807) is 24.3 Å². The Kier molecular flexibility index (Phi) is 2.34. The van der Waals surface area contributed by atoms with Crippen molar-refractivity contribution in [1.29, 1.82) is 0 Å². The smallest absolute Gasteiger partial charge is 0.115 e. The van der Waals surface area contributed by atoms with Crippen LogP contribution in [0, 0.1) is 5.92 Å². The molecule has 0 spiro atoms. The van der Waals surface area contributed by atoms with E-state index in [-0.39, 0.29) is 5.41 Å². The maximum absolute atomic E-state index is 9.38. The highest BCUT2D eigenvalue weighted by Crippen LogP contribution is 2.58. The second kappa shape index (κ2) is 3.77. The van der Waals surface area contributed by atoms with Gasteiger partial charge in [0.25, 0.3) is 0 Å². The van der Waals surface area contributed by atoms with Gasteiger partial charge in [0.1, 0.15) is 11.5 Å². The van der Waals surface area contributed by atoms with Crippen molar-refractivity contribution in [2.24, 2.45) is 5.92 Å². The molecule has 0 aliphatic heterocycles. The van der Waals surface area contributed by atoms with Crippen LogP contribution in [0.2, 0.25) is 0 Å². The fraction of sp³-hybridized carbons (Fsp3) is 0.250. The molecule has 2 nitrogen and oxygen atoms in total. The van der Waals surface area contributed by atoms with Gasteiger partial charge in [0.15, 0.2) is 0 Å². The molecule has 1 unspecified atom stereocenters. The monoisotopic (exact) mass is 240 g/mol. The second-order valence-electron chi connectivity index (χ2n) is 5.17. The molecule has 2 aromatic carbocycles. The molecule has 0 aromatic heterocycles. The van der Waals surface area contributed by atoms with Crippen LogP contribution >= 0.6 is 0 Å². The minimum atomic E-state index is 0.0569. The summed E-state index contributed by atoms with van der Waals surface area (Å²) < 4.78 is 0. The quantitative estimate of drug-likeness (QED) is 0.844. The lowest BCUT2D eigenvalue weighted by molar-refractivity contribution is 0.475. The average Bonchev–Trinajstić information content (AvgIpc) is 3.04. The Morgan fingerprint density at radius 2 is 1.17 bits per heavy atom. The van der Waals surface area contributed by atoms with Gasteiger partial charge in [-0.2, -0.15) is 0 Å². The minimum Gasteiger partial charge on any atom is -0.508 e. The Bertz CT molecular complexity index is 509. The van der Waals surface area contributed by atoms with Crippen LogP contribution < -0.4 is 0 Å². The zero-order valence-corrected chi connectivity index (χ0v) is 10.3. The third-order valence-corrected chi connectivity index (χ3v) is 4.07. The van der Waals surface area contributed by atoms with Crippen LogP contribution in [0.5, 0.6) is 11.5 Å². The number of hydrogen-bond donors (Lipinski definition) is 2. The van der Waals surface area contributed by atoms with Crippen LogP contribution in [-0.4, -0.2) is 10.2 Å². The SMILES string of the molecule is CC1CC1(c1ccc(O)cc1)c1ccc(O)cc1. The van der Waals surface area contributed by atoms with Gasteiger partial charge in [-0.25, -0.2) is 0 Å². The van der Waals surface area contributed by atoms with E-state index in [0.29, 0.717) is 17.4 Å². The maximum atomic E-state index is 9.38. The van der Waals surface area contributed by atoms with Crippen LogP contribution in [0.25, 0.3) is 0 Å². The lowest BCUT2D eigenvalue weighted by Gasteiger charge is -2.18. The van der Waals surface area contributed by atoms with Crippen molar-refractivity contribution in [2.45, 2.75) is 18.8 Å². The fourth-order valence-electron chi connectivity index (χ4n) is 2.91. The first-order valence-corrected chi connectivity index (χ1v) is 6.22. The zero-order valence-electron chi connectivity index (χ0n) is 10.3. The molecule has 92 valence electrons. The first-order valence-electron chi connectivity index (χ1n) is 6.22. The first kappa shape index (κ1) is 11.1. The molecule has 3 rings (SSSR count). The van der Waals surface area contributed by atoms with Crippen molar-refractivity contribution in [3.05, 3.63) is 59.7 Å². The fourth-order valence-corrected chi connectivity index (χ4v) is 2.91. The Morgan fingerprint density at radius 3 is 1.44 bits per heavy atom. The first-order chi connectivity index (χ1) is 8.63. The van der Waals surface area contributed by atoms with E-state index in [0.717, 1.165) is 6.42 Å². The third-order valence-electron chi connectivity index (χ3n) is 4.07. The number of rotatable bonds is 2. The van der Waals surface area contributed by atoms with Crippen LogP contribution in [0.4, 0.5) is 0 Å². The van der Waals surface area contributed by atoms with Crippen molar-refractivity contribution in [3.63, 3.8) is 0 Å². The molecule has 2 heteroatoms. The van der Waals surface area contributed by atoms with Gasteiger partial charge < -0.3 is 10.2 Å². The number of phenols is 2. The summed E-state index contributed by atoms with van der Waals surface area (Å²) in [4.78, 5) is 0. The molecular weight excluding hydrogens is 224 g/mol. The Hall–Kier alpha value is -1.96. The van der Waals surface area contributed by atoms with Crippen molar-refractivity contribution in [2.75, 3.05) is 0 Å². The Balaban J connectivity index is 2.06. The summed E-state index contributed by atoms with van der Waals surface area (Å²) in [6, 6.07) is 14.9. The minimum absolute atomic E-state index is 0.0569. The number of benzene rings is 2. The van der Waals surface area contributed by atoms with E-state index in [1.165, 1.54) is 11.1 Å². The Labute approximate surface area is 107 Å². The van der Waals surface area contributed by atoms with Crippen LogP contribution in [0.1, 0.15) is 24.5 Å². The van der Waals surface area contributed by atoms with E-state index < -0.39 is 0 Å². The van der Waals surface area contributed by atoms with Crippen molar-refractivity contribution >= 4 is 0 Å². The van der Waals surface area contributed by atoms with Crippen LogP contribution in [0.15, 0.2) is 48.5 Å². The number of hydrogen-bond acceptors (Lipinski definition) is 2. The molecule has 1 saturated carbocycles. The highest BCUT2D eigenvalue weighted by molar-refractivity contribution is 5.48. The molecule has 0 heterocycles. The average molecular weight is 240 g/mol. The molecule has 2 N–H and O–H groups in total. The molecule has 0 bridgehead atoms. The van der Waals surface area contributed by atoms with E-state index >= 15 is 0 Å². The zero-order chi connectivity index (χ0) is 12.8. The highest BCUT2D eigenvalue weighted by atomic mass is 16.3. The van der Waals surface area contributed by atoms with Crippen molar-refractivity contribution in [1.82, 2.24) is 0 Å². The van der Waals surface area contributed by atoms with Gasteiger partial charge in [-0.1, -0.05) is 31.2 Å². The molecule has 1 aliphatic rings. The summed E-state index contributed by atoms with van der Waals surface area (Å²) in [5.74, 6) is 1.19. The van der Waals surface area contributed by atoms with Crippen molar-refractivity contribution < 1.29 is 10.2 Å². The van der Waals surface area contributed by atoms with Gasteiger partial charge in [0, 0.05) is 5.41 Å². The molecule has 0 amide bonds. The predicted octanol–water partition coefficient (Wildman–Crippen LogP) is 3.42.